The van der Waals surface area contributed by atoms with Crippen LogP contribution in [0.4, 0.5) is 0 Å². The van der Waals surface area contributed by atoms with Crippen molar-refractivity contribution in [3.05, 3.63) is 16.1 Å². The normalized spacial score (nSPS) is 13.7. The molecule has 0 aliphatic carbocycles. The molecule has 1 rings (SSSR count). The Labute approximate surface area is 120 Å². The highest BCUT2D eigenvalue weighted by Crippen LogP contribution is 2.10. The van der Waals surface area contributed by atoms with E-state index in [4.69, 9.17) is 0 Å². The highest BCUT2D eigenvalue weighted by Gasteiger charge is 2.08. The third-order valence-corrected chi connectivity index (χ3v) is 4.14. The van der Waals surface area contributed by atoms with Gasteiger partial charge >= 0.3 is 0 Å². The number of guanidine groups is 1. The number of nitrogens with zero attached hydrogens (tertiary/aromatic N) is 2. The first kappa shape index (κ1) is 16.0. The molecule has 5 heteroatoms. The lowest BCUT2D eigenvalue weighted by atomic mass is 10.1. The maximum atomic E-state index is 4.46. The van der Waals surface area contributed by atoms with E-state index in [0.29, 0.717) is 12.0 Å². The molecule has 0 aromatic carbocycles. The number of aliphatic imine (C=N–C) groups is 1. The molecule has 1 heterocycles. The number of rotatable bonds is 6. The Kier molecular flexibility index (Phi) is 6.84. The molecular formula is C14H26N4S. The van der Waals surface area contributed by atoms with Gasteiger partial charge in [0.15, 0.2) is 5.96 Å². The maximum Gasteiger partial charge on any atom is 0.191 e. The van der Waals surface area contributed by atoms with Crippen molar-refractivity contribution in [3.8, 4) is 0 Å². The molecule has 1 unspecified atom stereocenters. The van der Waals surface area contributed by atoms with E-state index in [2.05, 4.69) is 46.8 Å². The van der Waals surface area contributed by atoms with E-state index in [9.17, 15) is 0 Å². The number of aromatic nitrogens is 1. The Balaban J connectivity index is 2.23. The second-order valence-electron chi connectivity index (χ2n) is 5.16. The Hall–Kier alpha value is -1.10. The summed E-state index contributed by atoms with van der Waals surface area (Å²) in [6.07, 6.45) is 2.10. The number of aryl methyl sites for hydroxylation is 2. The molecule has 108 valence electrons. The van der Waals surface area contributed by atoms with Gasteiger partial charge in [-0.2, -0.15) is 0 Å². The predicted octanol–water partition coefficient (Wildman–Crippen LogP) is 2.59. The summed E-state index contributed by atoms with van der Waals surface area (Å²) in [7, 11) is 1.81. The molecule has 4 nitrogen and oxygen atoms in total. The number of hydrogen-bond donors (Lipinski definition) is 2. The zero-order chi connectivity index (χ0) is 14.3. The fourth-order valence-corrected chi connectivity index (χ4v) is 2.36. The lowest BCUT2D eigenvalue weighted by Gasteiger charge is -2.20. The van der Waals surface area contributed by atoms with Crippen LogP contribution in [0.3, 0.4) is 0 Å². The lowest BCUT2D eigenvalue weighted by molar-refractivity contribution is 0.480. The molecule has 0 saturated carbocycles. The minimum absolute atomic E-state index is 0.424. The molecule has 0 aliphatic heterocycles. The molecular weight excluding hydrogens is 256 g/mol. The Morgan fingerprint density at radius 1 is 1.42 bits per heavy atom. The van der Waals surface area contributed by atoms with Crippen LogP contribution in [-0.4, -0.2) is 30.6 Å². The topological polar surface area (TPSA) is 49.3 Å². The summed E-state index contributed by atoms with van der Waals surface area (Å²) in [6, 6.07) is 0.424. The van der Waals surface area contributed by atoms with Gasteiger partial charge < -0.3 is 10.6 Å². The SMILES string of the molecule is CN=C(NCCCc1nc(C)cs1)NC(C)C(C)C. The van der Waals surface area contributed by atoms with E-state index in [-0.39, 0.29) is 0 Å². The summed E-state index contributed by atoms with van der Waals surface area (Å²) in [5, 5.41) is 10.1. The molecule has 0 bridgehead atoms. The minimum atomic E-state index is 0.424. The number of hydrogen-bond acceptors (Lipinski definition) is 3. The number of nitrogens with one attached hydrogen (secondary N) is 2. The molecule has 2 N–H and O–H groups in total. The fourth-order valence-electron chi connectivity index (χ4n) is 1.54. The van der Waals surface area contributed by atoms with Gasteiger partial charge in [-0.3, -0.25) is 4.99 Å². The third-order valence-electron chi connectivity index (χ3n) is 3.11. The molecule has 0 saturated heterocycles. The third kappa shape index (κ3) is 6.05. The van der Waals surface area contributed by atoms with Crippen LogP contribution in [0.25, 0.3) is 0 Å². The molecule has 1 aromatic heterocycles. The first-order valence-corrected chi connectivity index (χ1v) is 7.79. The van der Waals surface area contributed by atoms with Crippen LogP contribution in [0.1, 0.15) is 37.9 Å². The van der Waals surface area contributed by atoms with Crippen molar-refractivity contribution in [2.75, 3.05) is 13.6 Å². The van der Waals surface area contributed by atoms with Gasteiger partial charge in [0.1, 0.15) is 0 Å². The van der Waals surface area contributed by atoms with Gasteiger partial charge in [0.2, 0.25) is 0 Å². The van der Waals surface area contributed by atoms with Crippen LogP contribution in [0.5, 0.6) is 0 Å². The van der Waals surface area contributed by atoms with E-state index >= 15 is 0 Å². The minimum Gasteiger partial charge on any atom is -0.356 e. The van der Waals surface area contributed by atoms with Crippen LogP contribution in [0.15, 0.2) is 10.4 Å². The van der Waals surface area contributed by atoms with Crippen LogP contribution < -0.4 is 10.6 Å². The van der Waals surface area contributed by atoms with Crippen molar-refractivity contribution in [1.29, 1.82) is 0 Å². The smallest absolute Gasteiger partial charge is 0.191 e. The molecule has 0 spiro atoms. The van der Waals surface area contributed by atoms with Crippen molar-refractivity contribution in [2.45, 2.75) is 46.6 Å². The second-order valence-corrected chi connectivity index (χ2v) is 6.10. The van der Waals surface area contributed by atoms with Crippen molar-refractivity contribution in [3.63, 3.8) is 0 Å². The molecule has 19 heavy (non-hydrogen) atoms. The van der Waals surface area contributed by atoms with Crippen molar-refractivity contribution in [2.24, 2.45) is 10.9 Å². The fraction of sp³-hybridized carbons (Fsp3) is 0.714. The highest BCUT2D eigenvalue weighted by molar-refractivity contribution is 7.09. The van der Waals surface area contributed by atoms with Gasteiger partial charge in [-0.1, -0.05) is 13.8 Å². The van der Waals surface area contributed by atoms with E-state index in [1.807, 2.05) is 14.0 Å². The average molecular weight is 282 g/mol. The van der Waals surface area contributed by atoms with Crippen LogP contribution in [-0.2, 0) is 6.42 Å². The summed E-state index contributed by atoms with van der Waals surface area (Å²) < 4.78 is 0. The monoisotopic (exact) mass is 282 g/mol. The highest BCUT2D eigenvalue weighted by atomic mass is 32.1. The molecule has 1 atom stereocenters. The largest absolute Gasteiger partial charge is 0.356 e. The Morgan fingerprint density at radius 3 is 2.68 bits per heavy atom. The summed E-state index contributed by atoms with van der Waals surface area (Å²) in [6.45, 7) is 9.54. The van der Waals surface area contributed by atoms with Gasteiger partial charge in [0, 0.05) is 37.1 Å². The first-order valence-electron chi connectivity index (χ1n) is 6.91. The average Bonchev–Trinajstić information content (AvgIpc) is 2.78. The van der Waals surface area contributed by atoms with Crippen LogP contribution >= 0.6 is 11.3 Å². The van der Waals surface area contributed by atoms with Gasteiger partial charge in [0.25, 0.3) is 0 Å². The summed E-state index contributed by atoms with van der Waals surface area (Å²) in [5.41, 5.74) is 1.12. The maximum absolute atomic E-state index is 4.46. The zero-order valence-electron chi connectivity index (χ0n) is 12.7. The van der Waals surface area contributed by atoms with Crippen LogP contribution in [0, 0.1) is 12.8 Å². The van der Waals surface area contributed by atoms with E-state index in [1.54, 1.807) is 11.3 Å². The summed E-state index contributed by atoms with van der Waals surface area (Å²) in [5.74, 6) is 1.48. The number of thiazole rings is 1. The van der Waals surface area contributed by atoms with Gasteiger partial charge in [-0.25, -0.2) is 4.98 Å². The van der Waals surface area contributed by atoms with Gasteiger partial charge in [-0.15, -0.1) is 11.3 Å². The molecule has 0 aliphatic rings. The quantitative estimate of drug-likeness (QED) is 0.479. The van der Waals surface area contributed by atoms with Crippen molar-refractivity contribution >= 4 is 17.3 Å². The first-order chi connectivity index (χ1) is 9.02. The molecule has 0 fully saturated rings. The van der Waals surface area contributed by atoms with E-state index in [1.165, 1.54) is 5.01 Å². The standard InChI is InChI=1S/C14H26N4S/c1-10(2)12(4)18-14(15-5)16-8-6-7-13-17-11(3)9-19-13/h9-10,12H,6-8H2,1-5H3,(H2,15,16,18). The zero-order valence-corrected chi connectivity index (χ0v) is 13.5. The second kappa shape index (κ2) is 8.15. The molecule has 1 aromatic rings. The van der Waals surface area contributed by atoms with Gasteiger partial charge in [0.05, 0.1) is 5.01 Å². The van der Waals surface area contributed by atoms with Crippen molar-refractivity contribution < 1.29 is 0 Å². The van der Waals surface area contributed by atoms with E-state index in [0.717, 1.165) is 31.0 Å². The van der Waals surface area contributed by atoms with Gasteiger partial charge in [-0.05, 0) is 26.2 Å². The van der Waals surface area contributed by atoms with E-state index < -0.39 is 0 Å². The predicted molar refractivity (Wildman–Crippen MR) is 84.0 cm³/mol. The Bertz CT molecular complexity index is 398. The summed E-state index contributed by atoms with van der Waals surface area (Å²) in [4.78, 5) is 8.70. The Morgan fingerprint density at radius 2 is 2.16 bits per heavy atom. The lowest BCUT2D eigenvalue weighted by Crippen LogP contribution is -2.44. The summed E-state index contributed by atoms with van der Waals surface area (Å²) >= 11 is 1.74. The van der Waals surface area contributed by atoms with Crippen LogP contribution in [0.2, 0.25) is 0 Å². The molecule has 0 amide bonds. The van der Waals surface area contributed by atoms with Crippen molar-refractivity contribution in [1.82, 2.24) is 15.6 Å². The molecule has 0 radical (unpaired) electrons.